The summed E-state index contributed by atoms with van der Waals surface area (Å²) in [4.78, 5) is 13.3. The van der Waals surface area contributed by atoms with Crippen molar-refractivity contribution in [2.45, 2.75) is 6.92 Å². The summed E-state index contributed by atoms with van der Waals surface area (Å²) < 4.78 is 10.4. The minimum atomic E-state index is -0.0858. The summed E-state index contributed by atoms with van der Waals surface area (Å²) in [6.45, 7) is 2.02. The lowest BCUT2D eigenvalue weighted by molar-refractivity contribution is 0.104. The molecule has 0 radical (unpaired) electrons. The summed E-state index contributed by atoms with van der Waals surface area (Å²) in [5.74, 6) is 1.09. The molecule has 2 aromatic rings. The molecule has 1 aromatic carbocycles. The number of carbonyl (C=O) groups is 1. The van der Waals surface area contributed by atoms with Crippen molar-refractivity contribution >= 4 is 23.2 Å². The Bertz CT molecular complexity index is 641. The fourth-order valence-electron chi connectivity index (χ4n) is 1.80. The first kappa shape index (κ1) is 14.3. The second-order valence-corrected chi connectivity index (χ2v) is 5.18. The lowest BCUT2D eigenvalue weighted by Gasteiger charge is -2.07. The van der Waals surface area contributed by atoms with Gasteiger partial charge in [0, 0.05) is 10.9 Å². The minimum absolute atomic E-state index is 0.0858. The molecule has 0 atom stereocenters. The van der Waals surface area contributed by atoms with Crippen LogP contribution in [0.5, 0.6) is 11.5 Å². The number of methoxy groups -OCH3 is 2. The van der Waals surface area contributed by atoms with Crippen LogP contribution in [0.4, 0.5) is 0 Å². The van der Waals surface area contributed by atoms with Gasteiger partial charge < -0.3 is 9.47 Å². The number of rotatable bonds is 5. The molecule has 0 amide bonds. The quantitative estimate of drug-likeness (QED) is 0.617. The molecule has 2 rings (SSSR count). The number of allylic oxidation sites excluding steroid dienone is 1. The molecule has 0 aliphatic rings. The summed E-state index contributed by atoms with van der Waals surface area (Å²) in [6.07, 6.45) is 3.41. The van der Waals surface area contributed by atoms with Gasteiger partial charge in [0.05, 0.1) is 19.8 Å². The first-order valence-electron chi connectivity index (χ1n) is 6.14. The van der Waals surface area contributed by atoms with Gasteiger partial charge >= 0.3 is 0 Å². The Kier molecular flexibility index (Phi) is 4.58. The Morgan fingerprint density at radius 2 is 2.00 bits per heavy atom. The topological polar surface area (TPSA) is 35.5 Å². The highest BCUT2D eigenvalue weighted by Crippen LogP contribution is 2.25. The maximum absolute atomic E-state index is 12.2. The van der Waals surface area contributed by atoms with Crippen LogP contribution in [-0.4, -0.2) is 20.0 Å². The molecule has 20 heavy (non-hydrogen) atoms. The zero-order valence-corrected chi connectivity index (χ0v) is 12.5. The number of ketones is 1. The molecule has 1 aromatic heterocycles. The zero-order chi connectivity index (χ0) is 14.5. The molecular formula is C16H16O3S. The maximum atomic E-state index is 12.2. The highest BCUT2D eigenvalue weighted by molar-refractivity contribution is 7.11. The normalized spacial score (nSPS) is 10.8. The number of hydrogen-bond donors (Lipinski definition) is 0. The Morgan fingerprint density at radius 1 is 1.20 bits per heavy atom. The molecule has 3 nitrogen and oxygen atoms in total. The number of thiophene rings is 1. The van der Waals surface area contributed by atoms with Gasteiger partial charge in [-0.05, 0) is 48.2 Å². The Hall–Kier alpha value is -2.07. The van der Waals surface area contributed by atoms with Crippen molar-refractivity contribution in [2.75, 3.05) is 14.2 Å². The van der Waals surface area contributed by atoms with E-state index in [2.05, 4.69) is 0 Å². The number of aryl methyl sites for hydroxylation is 1. The van der Waals surface area contributed by atoms with E-state index < -0.39 is 0 Å². The minimum Gasteiger partial charge on any atom is -0.497 e. The maximum Gasteiger partial charge on any atom is 0.189 e. The first-order valence-corrected chi connectivity index (χ1v) is 7.02. The molecule has 0 N–H and O–H groups in total. The van der Waals surface area contributed by atoms with Crippen LogP contribution in [0.3, 0.4) is 0 Å². The second kappa shape index (κ2) is 6.39. The first-order chi connectivity index (χ1) is 9.65. The summed E-state index contributed by atoms with van der Waals surface area (Å²) in [7, 11) is 3.12. The van der Waals surface area contributed by atoms with Gasteiger partial charge in [0.15, 0.2) is 5.78 Å². The van der Waals surface area contributed by atoms with E-state index >= 15 is 0 Å². The van der Waals surface area contributed by atoms with E-state index in [-0.39, 0.29) is 5.78 Å². The smallest absolute Gasteiger partial charge is 0.189 e. The van der Waals surface area contributed by atoms with Crippen molar-refractivity contribution in [2.24, 2.45) is 0 Å². The predicted octanol–water partition coefficient (Wildman–Crippen LogP) is 3.97. The monoisotopic (exact) mass is 288 g/mol. The lowest BCUT2D eigenvalue weighted by Crippen LogP contribution is -1.99. The van der Waals surface area contributed by atoms with Gasteiger partial charge in [-0.25, -0.2) is 0 Å². The molecule has 0 saturated carbocycles. The number of hydrogen-bond acceptors (Lipinski definition) is 4. The van der Waals surface area contributed by atoms with E-state index in [0.717, 1.165) is 4.88 Å². The van der Waals surface area contributed by atoms with E-state index in [4.69, 9.17) is 9.47 Å². The Morgan fingerprint density at radius 3 is 2.60 bits per heavy atom. The van der Waals surface area contributed by atoms with Crippen LogP contribution in [0.15, 0.2) is 35.7 Å². The molecular weight excluding hydrogens is 272 g/mol. The van der Waals surface area contributed by atoms with Gasteiger partial charge in [-0.15, -0.1) is 11.3 Å². The van der Waals surface area contributed by atoms with Gasteiger partial charge in [0.25, 0.3) is 0 Å². The summed E-state index contributed by atoms with van der Waals surface area (Å²) in [5, 5.41) is 2.01. The molecule has 0 unspecified atom stereocenters. The van der Waals surface area contributed by atoms with Crippen LogP contribution >= 0.6 is 11.3 Å². The molecule has 0 saturated heterocycles. The summed E-state index contributed by atoms with van der Waals surface area (Å²) in [5.41, 5.74) is 1.69. The van der Waals surface area contributed by atoms with E-state index in [9.17, 15) is 4.79 Å². The highest BCUT2D eigenvalue weighted by Gasteiger charge is 2.11. The number of ether oxygens (including phenoxy) is 2. The third-order valence-corrected chi connectivity index (χ3v) is 3.95. The highest BCUT2D eigenvalue weighted by atomic mass is 32.1. The Balaban J connectivity index is 2.25. The van der Waals surface area contributed by atoms with Crippen molar-refractivity contribution in [3.8, 4) is 11.5 Å². The fraction of sp³-hybridized carbons (Fsp3) is 0.188. The largest absolute Gasteiger partial charge is 0.497 e. The van der Waals surface area contributed by atoms with Gasteiger partial charge in [-0.1, -0.05) is 0 Å². The van der Waals surface area contributed by atoms with Gasteiger partial charge in [-0.2, -0.15) is 0 Å². The molecule has 1 heterocycles. The second-order valence-electron chi connectivity index (χ2n) is 4.23. The fourth-order valence-corrected chi connectivity index (χ4v) is 2.62. The van der Waals surface area contributed by atoms with Crippen molar-refractivity contribution in [3.63, 3.8) is 0 Å². The lowest BCUT2D eigenvalue weighted by atomic mass is 10.1. The van der Waals surface area contributed by atoms with Gasteiger partial charge in [0.2, 0.25) is 0 Å². The van der Waals surface area contributed by atoms with Crippen LogP contribution in [0.25, 0.3) is 6.08 Å². The Labute approximate surface area is 122 Å². The van der Waals surface area contributed by atoms with E-state index in [1.807, 2.05) is 24.4 Å². The molecule has 0 fully saturated rings. The molecule has 0 aliphatic carbocycles. The van der Waals surface area contributed by atoms with Gasteiger partial charge in [0.1, 0.15) is 11.5 Å². The van der Waals surface area contributed by atoms with Crippen molar-refractivity contribution < 1.29 is 14.3 Å². The van der Waals surface area contributed by atoms with Crippen molar-refractivity contribution in [1.82, 2.24) is 0 Å². The summed E-state index contributed by atoms with van der Waals surface area (Å²) in [6, 6.07) is 7.20. The molecule has 0 aliphatic heterocycles. The molecule has 4 heteroatoms. The average Bonchev–Trinajstić information content (AvgIpc) is 2.89. The molecule has 0 bridgehead atoms. The zero-order valence-electron chi connectivity index (χ0n) is 11.7. The van der Waals surface area contributed by atoms with Crippen LogP contribution in [0.2, 0.25) is 0 Å². The van der Waals surface area contributed by atoms with Crippen LogP contribution in [0, 0.1) is 6.92 Å². The van der Waals surface area contributed by atoms with Crippen LogP contribution in [0.1, 0.15) is 20.8 Å². The predicted molar refractivity (Wildman–Crippen MR) is 82.0 cm³/mol. The summed E-state index contributed by atoms with van der Waals surface area (Å²) >= 11 is 1.61. The van der Waals surface area contributed by atoms with E-state index in [1.165, 1.54) is 5.56 Å². The van der Waals surface area contributed by atoms with Crippen molar-refractivity contribution in [3.05, 3.63) is 51.7 Å². The van der Waals surface area contributed by atoms with Crippen LogP contribution < -0.4 is 9.47 Å². The third kappa shape index (κ3) is 3.08. The number of benzene rings is 1. The van der Waals surface area contributed by atoms with E-state index in [0.29, 0.717) is 17.1 Å². The molecule has 104 valence electrons. The van der Waals surface area contributed by atoms with Crippen LogP contribution in [-0.2, 0) is 0 Å². The third-order valence-electron chi connectivity index (χ3n) is 2.96. The molecule has 0 spiro atoms. The number of carbonyl (C=O) groups excluding carboxylic acids is 1. The van der Waals surface area contributed by atoms with Gasteiger partial charge in [-0.3, -0.25) is 4.79 Å². The van der Waals surface area contributed by atoms with Crippen molar-refractivity contribution in [1.29, 1.82) is 0 Å². The average molecular weight is 288 g/mol. The standard InChI is InChI=1S/C16H16O3S/c1-11-8-9-20-16(11)7-6-14(17)13-5-4-12(18-2)10-15(13)19-3/h4-10H,1-3H3/b7-6+. The SMILES string of the molecule is COc1ccc(C(=O)/C=C/c2sccc2C)c(OC)c1. The van der Waals surface area contributed by atoms with E-state index in [1.54, 1.807) is 49.8 Å².